The number of aryl methyl sites for hydroxylation is 2. The van der Waals surface area contributed by atoms with E-state index < -0.39 is 0 Å². The maximum Gasteiger partial charge on any atom is 0.251 e. The summed E-state index contributed by atoms with van der Waals surface area (Å²) in [5.74, 6) is 1.77. The fourth-order valence-corrected chi connectivity index (χ4v) is 3.81. The Morgan fingerprint density at radius 1 is 1.03 bits per heavy atom. The Hall–Kier alpha value is -3.31. The Kier molecular flexibility index (Phi) is 7.07. The highest BCUT2D eigenvalue weighted by molar-refractivity contribution is 6.30. The molecule has 0 radical (unpaired) electrons. The Morgan fingerprint density at radius 2 is 1.78 bits per heavy atom. The maximum absolute atomic E-state index is 12.4. The molecule has 3 aromatic carbocycles. The predicted molar refractivity (Wildman–Crippen MR) is 129 cm³/mol. The SMILES string of the molecule is Cc1ccccc1OCCCn1c(CCNC(=O)c2ccc(Cl)cc2)nc2ccccc21. The van der Waals surface area contributed by atoms with Crippen molar-refractivity contribution in [1.29, 1.82) is 0 Å². The van der Waals surface area contributed by atoms with E-state index in [0.717, 1.165) is 41.1 Å². The molecule has 1 amide bonds. The van der Waals surface area contributed by atoms with Crippen LogP contribution >= 0.6 is 11.6 Å². The zero-order valence-electron chi connectivity index (χ0n) is 18.1. The number of hydrogen-bond acceptors (Lipinski definition) is 3. The van der Waals surface area contributed by atoms with Gasteiger partial charge in [0.2, 0.25) is 0 Å². The zero-order valence-corrected chi connectivity index (χ0v) is 18.8. The lowest BCUT2D eigenvalue weighted by molar-refractivity contribution is 0.0954. The van der Waals surface area contributed by atoms with Gasteiger partial charge in [0.15, 0.2) is 0 Å². The van der Waals surface area contributed by atoms with Crippen molar-refractivity contribution in [2.75, 3.05) is 13.2 Å². The molecule has 5 nitrogen and oxygen atoms in total. The fraction of sp³-hybridized carbons (Fsp3) is 0.231. The van der Waals surface area contributed by atoms with Crippen LogP contribution in [0.15, 0.2) is 72.8 Å². The highest BCUT2D eigenvalue weighted by Gasteiger charge is 2.11. The third-order valence-corrected chi connectivity index (χ3v) is 5.60. The van der Waals surface area contributed by atoms with E-state index in [2.05, 4.69) is 28.9 Å². The van der Waals surface area contributed by atoms with E-state index in [1.165, 1.54) is 0 Å². The van der Waals surface area contributed by atoms with E-state index in [9.17, 15) is 4.79 Å². The number of fused-ring (bicyclic) bond motifs is 1. The number of hydrogen-bond donors (Lipinski definition) is 1. The van der Waals surface area contributed by atoms with Crippen LogP contribution in [0.1, 0.15) is 28.2 Å². The van der Waals surface area contributed by atoms with E-state index in [-0.39, 0.29) is 5.91 Å². The van der Waals surface area contributed by atoms with Crippen LogP contribution in [0, 0.1) is 6.92 Å². The van der Waals surface area contributed by atoms with Crippen LogP contribution in [0.3, 0.4) is 0 Å². The molecule has 0 bridgehead atoms. The predicted octanol–water partition coefficient (Wildman–Crippen LogP) is 5.44. The fourth-order valence-electron chi connectivity index (χ4n) is 3.68. The summed E-state index contributed by atoms with van der Waals surface area (Å²) in [6.07, 6.45) is 1.51. The number of amides is 1. The number of halogens is 1. The number of carbonyl (C=O) groups is 1. The summed E-state index contributed by atoms with van der Waals surface area (Å²) in [6.45, 7) is 3.98. The molecule has 164 valence electrons. The first kappa shape index (κ1) is 21.9. The number of para-hydroxylation sites is 3. The van der Waals surface area contributed by atoms with E-state index in [0.29, 0.717) is 30.2 Å². The molecule has 0 atom stereocenters. The van der Waals surface area contributed by atoms with Crippen molar-refractivity contribution in [3.63, 3.8) is 0 Å². The molecule has 0 aliphatic heterocycles. The molecule has 6 heteroatoms. The number of aromatic nitrogens is 2. The van der Waals surface area contributed by atoms with Crippen LogP contribution in [0.4, 0.5) is 0 Å². The molecule has 1 aromatic heterocycles. The van der Waals surface area contributed by atoms with Crippen molar-refractivity contribution in [3.05, 3.63) is 94.8 Å². The van der Waals surface area contributed by atoms with Crippen molar-refractivity contribution in [2.45, 2.75) is 26.3 Å². The minimum Gasteiger partial charge on any atom is -0.493 e. The summed E-state index contributed by atoms with van der Waals surface area (Å²) >= 11 is 5.90. The first-order valence-corrected chi connectivity index (χ1v) is 11.2. The van der Waals surface area contributed by atoms with Gasteiger partial charge in [0.1, 0.15) is 11.6 Å². The summed E-state index contributed by atoms with van der Waals surface area (Å²) in [5.41, 5.74) is 3.79. The van der Waals surface area contributed by atoms with Gasteiger partial charge in [-0.2, -0.15) is 0 Å². The lowest BCUT2D eigenvalue weighted by Gasteiger charge is -2.12. The molecule has 0 fully saturated rings. The van der Waals surface area contributed by atoms with Crippen LogP contribution in [0.25, 0.3) is 11.0 Å². The quantitative estimate of drug-likeness (QED) is 0.347. The Balaban J connectivity index is 1.38. The van der Waals surface area contributed by atoms with Crippen LogP contribution < -0.4 is 10.1 Å². The molecule has 4 aromatic rings. The standard InChI is InChI=1S/C26H26ClN3O2/c1-19-7-2-5-10-24(19)32-18-6-17-30-23-9-4-3-8-22(23)29-25(30)15-16-28-26(31)20-11-13-21(27)14-12-20/h2-5,7-14H,6,15-18H2,1H3,(H,28,31). The molecule has 0 spiro atoms. The first-order valence-electron chi connectivity index (χ1n) is 10.8. The molecule has 0 aliphatic rings. The van der Waals surface area contributed by atoms with Gasteiger partial charge in [0.25, 0.3) is 5.91 Å². The molecular weight excluding hydrogens is 422 g/mol. The molecule has 0 aliphatic carbocycles. The topological polar surface area (TPSA) is 56.1 Å². The van der Waals surface area contributed by atoms with Gasteiger partial charge in [-0.05, 0) is 61.4 Å². The van der Waals surface area contributed by atoms with Crippen molar-refractivity contribution >= 4 is 28.5 Å². The smallest absolute Gasteiger partial charge is 0.251 e. The number of ether oxygens (including phenoxy) is 1. The van der Waals surface area contributed by atoms with Gasteiger partial charge >= 0.3 is 0 Å². The molecule has 1 N–H and O–H groups in total. The van der Waals surface area contributed by atoms with Crippen LogP contribution in [0.5, 0.6) is 5.75 Å². The summed E-state index contributed by atoms with van der Waals surface area (Å²) in [6, 6.07) is 23.0. The van der Waals surface area contributed by atoms with Crippen molar-refractivity contribution in [1.82, 2.24) is 14.9 Å². The zero-order chi connectivity index (χ0) is 22.3. The van der Waals surface area contributed by atoms with Crippen LogP contribution in [-0.2, 0) is 13.0 Å². The van der Waals surface area contributed by atoms with Gasteiger partial charge in [-0.3, -0.25) is 4.79 Å². The highest BCUT2D eigenvalue weighted by Crippen LogP contribution is 2.19. The van der Waals surface area contributed by atoms with Gasteiger partial charge < -0.3 is 14.6 Å². The van der Waals surface area contributed by atoms with Crippen molar-refractivity contribution in [2.24, 2.45) is 0 Å². The summed E-state index contributed by atoms with van der Waals surface area (Å²) in [5, 5.41) is 3.59. The Morgan fingerprint density at radius 3 is 2.59 bits per heavy atom. The molecule has 32 heavy (non-hydrogen) atoms. The molecular formula is C26H26ClN3O2. The summed E-state index contributed by atoms with van der Waals surface area (Å²) < 4.78 is 8.18. The Bertz CT molecular complexity index is 1200. The lowest BCUT2D eigenvalue weighted by Crippen LogP contribution is -2.26. The molecule has 4 rings (SSSR count). The van der Waals surface area contributed by atoms with E-state index >= 15 is 0 Å². The lowest BCUT2D eigenvalue weighted by atomic mass is 10.2. The van der Waals surface area contributed by atoms with Gasteiger partial charge in [0, 0.05) is 30.1 Å². The average Bonchev–Trinajstić information content (AvgIpc) is 3.15. The number of carbonyl (C=O) groups excluding carboxylic acids is 1. The van der Waals surface area contributed by atoms with Crippen LogP contribution in [-0.4, -0.2) is 28.6 Å². The second kappa shape index (κ2) is 10.3. The van der Waals surface area contributed by atoms with E-state index in [1.54, 1.807) is 24.3 Å². The molecule has 0 saturated heterocycles. The maximum atomic E-state index is 12.4. The number of benzene rings is 3. The van der Waals surface area contributed by atoms with Crippen LogP contribution in [0.2, 0.25) is 5.02 Å². The van der Waals surface area contributed by atoms with Gasteiger partial charge in [-0.15, -0.1) is 0 Å². The highest BCUT2D eigenvalue weighted by atomic mass is 35.5. The van der Waals surface area contributed by atoms with Crippen molar-refractivity contribution < 1.29 is 9.53 Å². The number of rotatable bonds is 9. The van der Waals surface area contributed by atoms with E-state index in [1.807, 2.05) is 36.4 Å². The summed E-state index contributed by atoms with van der Waals surface area (Å²) in [7, 11) is 0. The Labute approximate surface area is 193 Å². The largest absolute Gasteiger partial charge is 0.493 e. The summed E-state index contributed by atoms with van der Waals surface area (Å²) in [4.78, 5) is 17.2. The minimum absolute atomic E-state index is 0.115. The second-order valence-corrected chi connectivity index (χ2v) is 8.09. The number of nitrogens with zero attached hydrogens (tertiary/aromatic N) is 2. The van der Waals surface area contributed by atoms with Gasteiger partial charge in [-0.1, -0.05) is 41.9 Å². The first-order chi connectivity index (χ1) is 15.6. The number of nitrogens with one attached hydrogen (secondary N) is 1. The monoisotopic (exact) mass is 447 g/mol. The van der Waals surface area contributed by atoms with Gasteiger partial charge in [0.05, 0.1) is 17.6 Å². The number of imidazole rings is 1. The van der Waals surface area contributed by atoms with Gasteiger partial charge in [-0.25, -0.2) is 4.98 Å². The minimum atomic E-state index is -0.115. The third kappa shape index (κ3) is 5.29. The molecule has 0 unspecified atom stereocenters. The molecule has 1 heterocycles. The normalized spacial score (nSPS) is 10.9. The average molecular weight is 448 g/mol. The van der Waals surface area contributed by atoms with Crippen molar-refractivity contribution in [3.8, 4) is 5.75 Å². The second-order valence-electron chi connectivity index (χ2n) is 7.65. The van der Waals surface area contributed by atoms with E-state index in [4.69, 9.17) is 21.3 Å². The third-order valence-electron chi connectivity index (χ3n) is 5.35. The molecule has 0 saturated carbocycles.